The van der Waals surface area contributed by atoms with Gasteiger partial charge in [-0.15, -0.1) is 5.10 Å². The Morgan fingerprint density at radius 1 is 1.08 bits per heavy atom. The Morgan fingerprint density at radius 2 is 1.72 bits per heavy atom. The van der Waals surface area contributed by atoms with Gasteiger partial charge in [-0.3, -0.25) is 4.79 Å². The van der Waals surface area contributed by atoms with Crippen molar-refractivity contribution in [2.24, 2.45) is 0 Å². The fourth-order valence-electron chi connectivity index (χ4n) is 4.13. The Kier molecular flexibility index (Phi) is 8.03. The third kappa shape index (κ3) is 6.09. The van der Waals surface area contributed by atoms with Crippen LogP contribution in [0.5, 0.6) is 11.6 Å². The number of nitrogens with zero attached hydrogens (tertiary/aromatic N) is 3. The van der Waals surface area contributed by atoms with Crippen LogP contribution in [0.25, 0.3) is 5.69 Å². The maximum atomic E-state index is 13.7. The first-order chi connectivity index (χ1) is 18.4. The molecule has 0 saturated heterocycles. The van der Waals surface area contributed by atoms with Gasteiger partial charge in [0.2, 0.25) is 5.88 Å². The number of carboxylic acid groups (broad SMARTS) is 1. The van der Waals surface area contributed by atoms with E-state index in [-0.39, 0.29) is 22.5 Å². The smallest absolute Gasteiger partial charge is 0.497 e. The Labute approximate surface area is 229 Å². The number of rotatable bonds is 9. The highest BCUT2D eigenvalue weighted by atomic mass is 28.4. The Morgan fingerprint density at radius 3 is 2.31 bits per heavy atom. The molecule has 2 N–H and O–H groups in total. The van der Waals surface area contributed by atoms with Gasteiger partial charge < -0.3 is 29.2 Å². The summed E-state index contributed by atoms with van der Waals surface area (Å²) in [7, 11) is -0.228. The molecule has 1 aliphatic rings. The molecule has 4 rings (SSSR count). The number of ether oxygens (including phenoxy) is 2. The number of amides is 1. The second-order valence-electron chi connectivity index (χ2n) is 10.9. The van der Waals surface area contributed by atoms with Gasteiger partial charge in [-0.1, -0.05) is 20.8 Å². The van der Waals surface area contributed by atoms with Crippen LogP contribution in [0.3, 0.4) is 0 Å². The fraction of sp³-hybridized carbons (Fsp3) is 0.393. The molecule has 0 radical (unpaired) electrons. The molecule has 3 aromatic rings. The summed E-state index contributed by atoms with van der Waals surface area (Å²) in [6.45, 7) is 12.8. The number of anilines is 2. The lowest BCUT2D eigenvalue weighted by atomic mass is 10.0. The first-order valence-corrected chi connectivity index (χ1v) is 15.8. The third-order valence-electron chi connectivity index (χ3n) is 7.36. The Bertz CT molecular complexity index is 1330. The van der Waals surface area contributed by atoms with E-state index in [1.165, 1.54) is 4.68 Å². The number of hydrogen-bond donors (Lipinski definition) is 2. The number of nitrogens with one attached hydrogen (secondary N) is 1. The maximum absolute atomic E-state index is 13.7. The highest BCUT2D eigenvalue weighted by Gasteiger charge is 2.37. The highest BCUT2D eigenvalue weighted by Crippen LogP contribution is 2.36. The zero-order valence-corrected chi connectivity index (χ0v) is 24.3. The van der Waals surface area contributed by atoms with Crippen molar-refractivity contribution < 1.29 is 28.6 Å². The number of methoxy groups -OCH3 is 1. The van der Waals surface area contributed by atoms with E-state index < -0.39 is 14.5 Å². The monoisotopic (exact) mass is 552 g/mol. The zero-order chi connectivity index (χ0) is 28.4. The number of carbonyl (C=O) groups excluding carboxylic acids is 1. The van der Waals surface area contributed by atoms with E-state index in [1.807, 2.05) is 24.3 Å². The molecule has 0 unspecified atom stereocenters. The van der Waals surface area contributed by atoms with Crippen LogP contribution < -0.4 is 19.7 Å². The van der Waals surface area contributed by atoms with E-state index in [1.54, 1.807) is 36.3 Å². The molecule has 10 nitrogen and oxygen atoms in total. The van der Waals surface area contributed by atoms with Crippen LogP contribution in [0, 0.1) is 0 Å². The van der Waals surface area contributed by atoms with Crippen molar-refractivity contribution in [3.63, 3.8) is 0 Å². The molecule has 0 fully saturated rings. The average molecular weight is 553 g/mol. The van der Waals surface area contributed by atoms with Gasteiger partial charge in [0.1, 0.15) is 11.4 Å². The van der Waals surface area contributed by atoms with Crippen LogP contribution in [0.15, 0.2) is 48.5 Å². The molecule has 0 saturated carbocycles. The van der Waals surface area contributed by atoms with Crippen molar-refractivity contribution in [2.45, 2.75) is 45.3 Å². The first-order valence-electron chi connectivity index (χ1n) is 12.9. The van der Waals surface area contributed by atoms with Crippen molar-refractivity contribution >= 4 is 31.8 Å². The van der Waals surface area contributed by atoms with Crippen LogP contribution >= 0.6 is 0 Å². The van der Waals surface area contributed by atoms with Crippen molar-refractivity contribution in [2.75, 3.05) is 37.0 Å². The van der Waals surface area contributed by atoms with Crippen molar-refractivity contribution in [1.29, 1.82) is 0 Å². The van der Waals surface area contributed by atoms with E-state index >= 15 is 0 Å². The van der Waals surface area contributed by atoms with E-state index in [0.29, 0.717) is 43.1 Å². The molecule has 2 aromatic carbocycles. The highest BCUT2D eigenvalue weighted by molar-refractivity contribution is 6.74. The van der Waals surface area contributed by atoms with E-state index in [2.05, 4.69) is 44.3 Å². The van der Waals surface area contributed by atoms with Crippen molar-refractivity contribution in [3.8, 4) is 17.3 Å². The quantitative estimate of drug-likeness (QED) is 0.201. The minimum atomic E-state index is -1.79. The van der Waals surface area contributed by atoms with Gasteiger partial charge in [0, 0.05) is 30.0 Å². The standard InChI is InChI=1S/C28H36N4O6Si/c1-28(2,3)39(5,6)37-18-16-29-19-7-9-20(10-8-19)31-17-15-23-24(26(31)33)32(30-25(23)38-27(34)35)21-11-13-22(36-4)14-12-21/h7-14,29H,15-18H2,1-6H3,(H,34,35). The van der Waals surface area contributed by atoms with Crippen LogP contribution in [-0.4, -0.2) is 62.1 Å². The summed E-state index contributed by atoms with van der Waals surface area (Å²) in [6.07, 6.45) is -1.09. The lowest BCUT2D eigenvalue weighted by Gasteiger charge is -2.36. The molecule has 39 heavy (non-hydrogen) atoms. The lowest BCUT2D eigenvalue weighted by molar-refractivity contribution is 0.0972. The second-order valence-corrected chi connectivity index (χ2v) is 15.7. The lowest BCUT2D eigenvalue weighted by Crippen LogP contribution is -2.41. The molecular formula is C28H36N4O6Si. The number of carbonyl (C=O) groups is 2. The molecule has 1 amide bonds. The van der Waals surface area contributed by atoms with Gasteiger partial charge in [0.25, 0.3) is 5.91 Å². The predicted octanol–water partition coefficient (Wildman–Crippen LogP) is 5.57. The topological polar surface area (TPSA) is 115 Å². The molecule has 208 valence electrons. The Hall–Kier alpha value is -3.83. The molecule has 0 atom stereocenters. The van der Waals surface area contributed by atoms with E-state index in [4.69, 9.17) is 13.9 Å². The fourth-order valence-corrected chi connectivity index (χ4v) is 5.17. The summed E-state index contributed by atoms with van der Waals surface area (Å²) < 4.78 is 17.8. The first kappa shape index (κ1) is 28.2. The van der Waals surface area contributed by atoms with Gasteiger partial charge in [-0.2, -0.15) is 0 Å². The van der Waals surface area contributed by atoms with Crippen LogP contribution in [0.2, 0.25) is 18.1 Å². The van der Waals surface area contributed by atoms with E-state index in [0.717, 1.165) is 11.4 Å². The molecule has 2 heterocycles. The van der Waals surface area contributed by atoms with Gasteiger partial charge >= 0.3 is 6.16 Å². The summed E-state index contributed by atoms with van der Waals surface area (Å²) in [5.41, 5.74) is 2.99. The third-order valence-corrected chi connectivity index (χ3v) is 11.9. The molecular weight excluding hydrogens is 516 g/mol. The number of hydrogen-bond acceptors (Lipinski definition) is 7. The largest absolute Gasteiger partial charge is 0.512 e. The molecule has 0 aliphatic carbocycles. The van der Waals surface area contributed by atoms with Crippen LogP contribution in [-0.2, 0) is 10.8 Å². The molecule has 11 heteroatoms. The van der Waals surface area contributed by atoms with Crippen LogP contribution in [0.4, 0.5) is 16.2 Å². The average Bonchev–Trinajstić information content (AvgIpc) is 3.25. The normalized spacial score (nSPS) is 13.7. The molecule has 1 aromatic heterocycles. The van der Waals surface area contributed by atoms with Gasteiger partial charge in [0.05, 0.1) is 19.4 Å². The summed E-state index contributed by atoms with van der Waals surface area (Å²) in [4.78, 5) is 26.7. The SMILES string of the molecule is COc1ccc(-n2nc(OC(=O)O)c3c2C(=O)N(c2ccc(NCCO[Si](C)(C)C(C)(C)C)cc2)CC3)cc1. The summed E-state index contributed by atoms with van der Waals surface area (Å²) in [6, 6.07) is 14.6. The minimum absolute atomic E-state index is 0.0826. The maximum Gasteiger partial charge on any atom is 0.512 e. The Balaban J connectivity index is 1.51. The number of benzene rings is 2. The summed E-state index contributed by atoms with van der Waals surface area (Å²) >= 11 is 0. The van der Waals surface area contributed by atoms with Gasteiger partial charge in [-0.25, -0.2) is 9.48 Å². The molecule has 0 spiro atoms. The van der Waals surface area contributed by atoms with Crippen molar-refractivity contribution in [3.05, 3.63) is 59.8 Å². The summed E-state index contributed by atoms with van der Waals surface area (Å²) in [5, 5.41) is 17.1. The van der Waals surface area contributed by atoms with Crippen molar-refractivity contribution in [1.82, 2.24) is 9.78 Å². The number of fused-ring (bicyclic) bond motifs is 1. The van der Waals surface area contributed by atoms with Gasteiger partial charge in [-0.05, 0) is 73.1 Å². The van der Waals surface area contributed by atoms with Crippen LogP contribution in [0.1, 0.15) is 36.8 Å². The molecule has 0 bridgehead atoms. The predicted molar refractivity (Wildman–Crippen MR) is 152 cm³/mol. The minimum Gasteiger partial charge on any atom is -0.497 e. The summed E-state index contributed by atoms with van der Waals surface area (Å²) in [5.74, 6) is 0.277. The van der Waals surface area contributed by atoms with Gasteiger partial charge in [0.15, 0.2) is 8.32 Å². The molecule has 1 aliphatic heterocycles. The van der Waals surface area contributed by atoms with E-state index in [9.17, 15) is 14.7 Å². The number of aromatic nitrogens is 2. The second kappa shape index (κ2) is 11.1. The zero-order valence-electron chi connectivity index (χ0n) is 23.3.